The van der Waals surface area contributed by atoms with Crippen LogP contribution < -0.4 is 4.72 Å². The molecule has 2 aromatic carbocycles. The van der Waals surface area contributed by atoms with Crippen molar-refractivity contribution in [2.24, 2.45) is 0 Å². The minimum absolute atomic E-state index is 0.230. The summed E-state index contributed by atoms with van der Waals surface area (Å²) in [5.41, 5.74) is 1.59. The Kier molecular flexibility index (Phi) is 4.62. The van der Waals surface area contributed by atoms with Gasteiger partial charge in [0.05, 0.1) is 16.2 Å². The number of imidazole rings is 1. The zero-order chi connectivity index (χ0) is 20.8. The van der Waals surface area contributed by atoms with Crippen molar-refractivity contribution in [3.8, 4) is 11.3 Å². The van der Waals surface area contributed by atoms with Gasteiger partial charge in [0.25, 0.3) is 10.0 Å². The summed E-state index contributed by atoms with van der Waals surface area (Å²) in [5, 5.41) is 1.98. The van der Waals surface area contributed by atoms with Crippen LogP contribution in [0.1, 0.15) is 11.3 Å². The lowest BCUT2D eigenvalue weighted by atomic mass is 10.1. The highest BCUT2D eigenvalue weighted by Gasteiger charge is 2.31. The predicted molar refractivity (Wildman–Crippen MR) is 105 cm³/mol. The van der Waals surface area contributed by atoms with Gasteiger partial charge in [-0.2, -0.15) is 13.2 Å². The van der Waals surface area contributed by atoms with Crippen LogP contribution in [0.3, 0.4) is 0 Å². The Morgan fingerprint density at radius 2 is 1.86 bits per heavy atom. The zero-order valence-corrected chi connectivity index (χ0v) is 16.6. The van der Waals surface area contributed by atoms with E-state index in [4.69, 9.17) is 0 Å². The topological polar surface area (TPSA) is 63.5 Å². The van der Waals surface area contributed by atoms with Crippen LogP contribution in [0.4, 0.5) is 18.9 Å². The van der Waals surface area contributed by atoms with Crippen molar-refractivity contribution in [1.29, 1.82) is 0 Å². The number of aryl methyl sites for hydroxylation is 1. The summed E-state index contributed by atoms with van der Waals surface area (Å²) >= 11 is 1.49. The van der Waals surface area contributed by atoms with E-state index in [2.05, 4.69) is 9.71 Å². The molecule has 29 heavy (non-hydrogen) atoms. The van der Waals surface area contributed by atoms with Crippen LogP contribution in [0.25, 0.3) is 16.2 Å². The van der Waals surface area contributed by atoms with Crippen LogP contribution in [0.2, 0.25) is 0 Å². The maximum Gasteiger partial charge on any atom is 0.416 e. The van der Waals surface area contributed by atoms with Gasteiger partial charge in [-0.25, -0.2) is 13.4 Å². The van der Waals surface area contributed by atoms with E-state index in [0.29, 0.717) is 17.3 Å². The van der Waals surface area contributed by atoms with Crippen LogP contribution in [0.15, 0.2) is 65.0 Å². The molecule has 2 heterocycles. The van der Waals surface area contributed by atoms with Gasteiger partial charge in [-0.15, -0.1) is 11.3 Å². The molecule has 5 nitrogen and oxygen atoms in total. The second kappa shape index (κ2) is 6.89. The van der Waals surface area contributed by atoms with E-state index in [1.54, 1.807) is 18.2 Å². The monoisotopic (exact) mass is 437 g/mol. The molecule has 0 atom stereocenters. The van der Waals surface area contributed by atoms with Gasteiger partial charge in [0.15, 0.2) is 4.96 Å². The van der Waals surface area contributed by atoms with Gasteiger partial charge in [0, 0.05) is 28.5 Å². The quantitative estimate of drug-likeness (QED) is 0.478. The van der Waals surface area contributed by atoms with E-state index in [1.807, 2.05) is 22.9 Å². The molecule has 0 amide bonds. The van der Waals surface area contributed by atoms with Gasteiger partial charge in [-0.1, -0.05) is 18.2 Å². The molecule has 0 aliphatic rings. The number of aromatic nitrogens is 2. The number of fused-ring (bicyclic) bond motifs is 1. The fraction of sp³-hybridized carbons (Fsp3) is 0.105. The Morgan fingerprint density at radius 3 is 2.59 bits per heavy atom. The summed E-state index contributed by atoms with van der Waals surface area (Å²) < 4.78 is 68.1. The van der Waals surface area contributed by atoms with Crippen LogP contribution >= 0.6 is 11.3 Å². The molecule has 0 radical (unpaired) electrons. The third kappa shape index (κ3) is 3.85. The average Bonchev–Trinajstić information content (AvgIpc) is 3.23. The SMILES string of the molecule is Cc1csc2nc(-c3cccc(NS(=O)(=O)c4cccc(C(F)(F)F)c4)c3)cn12. The lowest BCUT2D eigenvalue weighted by molar-refractivity contribution is -0.137. The Morgan fingerprint density at radius 1 is 1.10 bits per heavy atom. The first kappa shape index (κ1) is 19.5. The van der Waals surface area contributed by atoms with E-state index >= 15 is 0 Å². The molecule has 4 aromatic rings. The first-order chi connectivity index (χ1) is 13.6. The second-order valence-electron chi connectivity index (χ2n) is 6.37. The summed E-state index contributed by atoms with van der Waals surface area (Å²) in [7, 11) is -4.19. The predicted octanol–water partition coefficient (Wildman–Crippen LogP) is 5.19. The number of anilines is 1. The number of nitrogens with one attached hydrogen (secondary N) is 1. The summed E-state index contributed by atoms with van der Waals surface area (Å²) in [4.78, 5) is 4.87. The van der Waals surface area contributed by atoms with E-state index in [0.717, 1.165) is 28.9 Å². The highest BCUT2D eigenvalue weighted by atomic mass is 32.2. The molecule has 10 heteroatoms. The fourth-order valence-corrected chi connectivity index (χ4v) is 4.77. The molecule has 0 fully saturated rings. The van der Waals surface area contributed by atoms with Gasteiger partial charge < -0.3 is 0 Å². The van der Waals surface area contributed by atoms with Gasteiger partial charge in [0.2, 0.25) is 0 Å². The van der Waals surface area contributed by atoms with Crippen molar-refractivity contribution in [2.75, 3.05) is 4.72 Å². The molecule has 2 aromatic heterocycles. The van der Waals surface area contributed by atoms with Crippen LogP contribution in [-0.4, -0.2) is 17.8 Å². The Hall–Kier alpha value is -2.85. The molecular weight excluding hydrogens is 423 g/mol. The maximum absolute atomic E-state index is 12.9. The van der Waals surface area contributed by atoms with E-state index in [1.165, 1.54) is 17.4 Å². The Labute approximate surface area is 168 Å². The smallest absolute Gasteiger partial charge is 0.294 e. The summed E-state index contributed by atoms with van der Waals surface area (Å²) in [6.45, 7) is 1.95. The van der Waals surface area contributed by atoms with Gasteiger partial charge in [0.1, 0.15) is 0 Å². The molecule has 0 saturated carbocycles. The number of halogens is 3. The normalized spacial score (nSPS) is 12.4. The van der Waals surface area contributed by atoms with Gasteiger partial charge in [-0.05, 0) is 37.3 Å². The molecule has 0 unspecified atom stereocenters. The lowest BCUT2D eigenvalue weighted by Crippen LogP contribution is -2.14. The summed E-state index contributed by atoms with van der Waals surface area (Å²) in [6.07, 6.45) is -2.78. The van der Waals surface area contributed by atoms with Crippen molar-refractivity contribution in [1.82, 2.24) is 9.38 Å². The minimum atomic E-state index is -4.63. The lowest BCUT2D eigenvalue weighted by Gasteiger charge is -2.11. The number of sulfonamides is 1. The molecular formula is C19H14F3N3O2S2. The highest BCUT2D eigenvalue weighted by Crippen LogP contribution is 2.31. The van der Waals surface area contributed by atoms with Crippen LogP contribution in [0.5, 0.6) is 0 Å². The molecule has 1 N–H and O–H groups in total. The molecule has 0 saturated heterocycles. The number of hydrogen-bond donors (Lipinski definition) is 1. The number of rotatable bonds is 4. The molecule has 0 aliphatic heterocycles. The number of benzene rings is 2. The molecule has 0 aliphatic carbocycles. The van der Waals surface area contributed by atoms with Crippen molar-refractivity contribution < 1.29 is 21.6 Å². The van der Waals surface area contributed by atoms with E-state index < -0.39 is 26.7 Å². The van der Waals surface area contributed by atoms with Gasteiger partial charge >= 0.3 is 6.18 Å². The highest BCUT2D eigenvalue weighted by molar-refractivity contribution is 7.92. The third-order valence-electron chi connectivity index (χ3n) is 4.27. The number of nitrogens with zero attached hydrogens (tertiary/aromatic N) is 2. The van der Waals surface area contributed by atoms with E-state index in [9.17, 15) is 21.6 Å². The largest absolute Gasteiger partial charge is 0.416 e. The molecule has 0 bridgehead atoms. The Balaban J connectivity index is 1.65. The van der Waals surface area contributed by atoms with Crippen molar-refractivity contribution in [2.45, 2.75) is 18.0 Å². The zero-order valence-electron chi connectivity index (χ0n) is 14.9. The first-order valence-corrected chi connectivity index (χ1v) is 10.7. The number of thiazole rings is 1. The Bertz CT molecular complexity index is 1310. The molecule has 0 spiro atoms. The van der Waals surface area contributed by atoms with Gasteiger partial charge in [-0.3, -0.25) is 9.12 Å². The fourth-order valence-electron chi connectivity index (χ4n) is 2.83. The third-order valence-corrected chi connectivity index (χ3v) is 6.61. The number of hydrogen-bond acceptors (Lipinski definition) is 4. The van der Waals surface area contributed by atoms with Crippen molar-refractivity contribution in [3.63, 3.8) is 0 Å². The summed E-state index contributed by atoms with van der Waals surface area (Å²) in [6, 6.07) is 10.2. The summed E-state index contributed by atoms with van der Waals surface area (Å²) in [5.74, 6) is 0. The minimum Gasteiger partial charge on any atom is -0.294 e. The second-order valence-corrected chi connectivity index (χ2v) is 8.89. The van der Waals surface area contributed by atoms with E-state index in [-0.39, 0.29) is 5.69 Å². The van der Waals surface area contributed by atoms with Crippen molar-refractivity contribution in [3.05, 3.63) is 71.4 Å². The number of alkyl halides is 3. The maximum atomic E-state index is 12.9. The standard InChI is InChI=1S/C19H14F3N3O2S2/c1-12-11-28-18-23-17(10-25(12)18)13-4-2-6-15(8-13)24-29(26,27)16-7-3-5-14(9-16)19(20,21)22/h2-11,24H,1H3. The average molecular weight is 437 g/mol. The van der Waals surface area contributed by atoms with Crippen molar-refractivity contribution >= 4 is 32.0 Å². The molecule has 4 rings (SSSR count). The van der Waals surface area contributed by atoms with Crippen LogP contribution in [0, 0.1) is 6.92 Å². The van der Waals surface area contributed by atoms with Crippen LogP contribution in [-0.2, 0) is 16.2 Å². The first-order valence-electron chi connectivity index (χ1n) is 8.37. The molecule has 150 valence electrons.